The molecule has 48 heteroatoms. The summed E-state index contributed by atoms with van der Waals surface area (Å²) in [6.07, 6.45) is -26.3. The number of phenols is 6. The number of aromatic hydroxyl groups is 6. The average molecular weight is 2870 g/mol. The number of rotatable bonds is 12. The standard InChI is InChI=1S/2C19H22F3OP.C16H16F3OP.2C15H14F3OP.C14H12F3OP.12ClH.6Zr/c1-11-6-7-15(14(8-11)19(20,21)22)24-16-10-13(18(3,4)5)9-12(2)17(16)23;1-11-6-7-15(13(8-11)19(20,21)22)24-16-10-12(2)9-14(17(16)23)18(3,4)5;1-9-4-5-13(12(7-9)16(17,18)19)21-14-8-10(2)6-11(3)15(14)20;1-9-4-6-13(11(7-9)15(16,17)18)20-14-8-10(2)3-5-12(14)19;1-9-6-7-12(11(8-9)15(16,17)18)20-13-5-3-4-10(2)14(13)19;1-9-6-7-12(10(8-9)14(15,16)17)19-13-5-3-2-4-11(13)18;;;;;;;;;;;;;;;;;;/h2*6-10,23-24H,1-5H3;4-8,20-21H,1-3H3;2*3-8,19-20H,1-2H3;2-8,18-19H,1H3;12*1H;;;;;;/q;;;;;;;;;;;;;;;;;;6*+2/p-12. The van der Waals surface area contributed by atoms with Crippen molar-refractivity contribution in [3.63, 3.8) is 0 Å². The van der Waals surface area contributed by atoms with E-state index in [1.54, 1.807) is 159 Å². The zero-order valence-electron chi connectivity index (χ0n) is 80.7. The molecule has 0 aromatic heterocycles. The first-order chi connectivity index (χ1) is 67.4. The van der Waals surface area contributed by atoms with Crippen LogP contribution in [0.2, 0.25) is 0 Å². The third-order valence-corrected chi connectivity index (χ3v) is 27.7. The molecule has 792 valence electrons. The third kappa shape index (κ3) is 52.6. The van der Waals surface area contributed by atoms with E-state index in [-0.39, 0.29) is 129 Å². The van der Waals surface area contributed by atoms with E-state index < -0.39 is 196 Å². The van der Waals surface area contributed by atoms with Gasteiger partial charge in [-0.15, -0.1) is 0 Å². The van der Waals surface area contributed by atoms with Gasteiger partial charge in [0.25, 0.3) is 0 Å². The molecule has 0 saturated carbocycles. The van der Waals surface area contributed by atoms with Crippen molar-refractivity contribution < 1.29 is 235 Å². The fourth-order valence-electron chi connectivity index (χ4n) is 12.8. The Bertz CT molecular complexity index is 5970. The van der Waals surface area contributed by atoms with E-state index in [4.69, 9.17) is 102 Å². The monoisotopic (exact) mass is 2860 g/mol. The van der Waals surface area contributed by atoms with Crippen LogP contribution >= 0.6 is 154 Å². The van der Waals surface area contributed by atoms with Crippen LogP contribution in [-0.2, 0) is 173 Å². The zero-order chi connectivity index (χ0) is 112. The molecular formula is C98H100Cl12F18O6P6Zr6. The molecule has 0 saturated heterocycles. The van der Waals surface area contributed by atoms with E-state index in [1.165, 1.54) is 60.7 Å². The Morgan fingerprint density at radius 3 is 0.705 bits per heavy atom. The molecule has 0 heterocycles. The molecule has 12 aromatic rings. The zero-order valence-corrected chi connectivity index (χ0v) is 110. The molecule has 0 bridgehead atoms. The number of alkyl halides is 18. The molecule has 0 fully saturated rings. The molecule has 0 aliphatic carbocycles. The van der Waals surface area contributed by atoms with Gasteiger partial charge in [-0.25, -0.2) is 0 Å². The Morgan fingerprint density at radius 2 is 0.411 bits per heavy atom. The van der Waals surface area contributed by atoms with Crippen LogP contribution < -0.4 is 63.7 Å². The SMILES string of the molecule is Cc1cc(C)c(O)c(Pc2ccc(C)cc2C(F)(F)F)c1.Cc1cc(Pc2ccc(C)cc2C(F)(F)F)c(O)c(C(C)(C)C)c1.Cc1ccc(O)c(Pc2ccc(C)cc2C(F)(F)F)c1.Cc1ccc(Pc2cc(C(C)(C)C)cc(C)c2O)c(C(F)(F)F)c1.Cc1ccc(Pc2cccc(C)c2O)c(C(F)(F)F)c1.Cc1ccc(Pc2ccccc2O)c(C(F)(F)F)c1.[Cl][Zr][Cl].[Cl][Zr][Cl].[Cl][Zr][Cl].[Cl][Zr][Cl].[Cl][Zr][Cl].[Cl][Zr][Cl]. The van der Waals surface area contributed by atoms with E-state index in [0.717, 1.165) is 52.1 Å². The van der Waals surface area contributed by atoms with Gasteiger partial charge < -0.3 is 30.6 Å². The summed E-state index contributed by atoms with van der Waals surface area (Å²) in [7, 11) is 57.8. The first kappa shape index (κ1) is 144. The second kappa shape index (κ2) is 69.1. The van der Waals surface area contributed by atoms with Crippen molar-refractivity contribution >= 4 is 217 Å². The summed E-state index contributed by atoms with van der Waals surface area (Å²) in [6.45, 7) is 32.7. The Morgan fingerprint density at radius 1 is 0.192 bits per heavy atom. The van der Waals surface area contributed by atoms with Crippen LogP contribution in [0.5, 0.6) is 34.5 Å². The van der Waals surface area contributed by atoms with Crippen LogP contribution in [0.15, 0.2) is 206 Å². The quantitative estimate of drug-likeness (QED) is 0.0535. The van der Waals surface area contributed by atoms with Gasteiger partial charge >= 0.3 is 264 Å². The topological polar surface area (TPSA) is 121 Å². The van der Waals surface area contributed by atoms with E-state index in [2.05, 4.69) is 0 Å². The molecule has 6 nitrogen and oxygen atoms in total. The van der Waals surface area contributed by atoms with Gasteiger partial charge in [0, 0.05) is 37.4 Å². The Labute approximate surface area is 963 Å². The van der Waals surface area contributed by atoms with E-state index >= 15 is 0 Å². The number of hydrogen-bond acceptors (Lipinski definition) is 6. The molecule has 6 atom stereocenters. The van der Waals surface area contributed by atoms with Crippen LogP contribution in [0.25, 0.3) is 0 Å². The molecule has 6 unspecified atom stereocenters. The van der Waals surface area contributed by atoms with Crippen LogP contribution in [0, 0.1) is 83.1 Å². The fourth-order valence-corrected chi connectivity index (χ4v) is 20.7. The van der Waals surface area contributed by atoms with Crippen LogP contribution in [0.4, 0.5) is 79.0 Å². The summed E-state index contributed by atoms with van der Waals surface area (Å²) in [6, 6.07) is 53.3. The minimum atomic E-state index is -4.40. The van der Waals surface area contributed by atoms with Gasteiger partial charge in [-0.2, -0.15) is 79.0 Å². The summed E-state index contributed by atoms with van der Waals surface area (Å²) in [5, 5.41) is 64.7. The summed E-state index contributed by atoms with van der Waals surface area (Å²) < 4.78 is 237. The van der Waals surface area contributed by atoms with Gasteiger partial charge in [0.15, 0.2) is 0 Å². The van der Waals surface area contributed by atoms with Crippen LogP contribution in [0.3, 0.4) is 0 Å². The van der Waals surface area contributed by atoms with Gasteiger partial charge in [0.05, 0.1) is 33.4 Å². The molecule has 0 aliphatic rings. The van der Waals surface area contributed by atoms with Gasteiger partial charge in [0.2, 0.25) is 0 Å². The van der Waals surface area contributed by atoms with Gasteiger partial charge in [-0.1, -0.05) is 265 Å². The Hall–Kier alpha value is -0.461. The predicted molar refractivity (Wildman–Crippen MR) is 567 cm³/mol. The molecule has 0 amide bonds. The van der Waals surface area contributed by atoms with Crippen molar-refractivity contribution in [1.82, 2.24) is 0 Å². The summed E-state index contributed by atoms with van der Waals surface area (Å²) in [4.78, 5) is 0. The maximum atomic E-state index is 13.3. The van der Waals surface area contributed by atoms with Gasteiger partial charge in [0.1, 0.15) is 34.5 Å². The number of benzene rings is 12. The van der Waals surface area contributed by atoms with Crippen molar-refractivity contribution in [3.05, 3.63) is 318 Å². The van der Waals surface area contributed by atoms with Crippen molar-refractivity contribution in [2.24, 2.45) is 0 Å². The first-order valence-electron chi connectivity index (χ1n) is 41.7. The molecular weight excluding hydrogens is 2770 g/mol. The summed E-state index contributed by atoms with van der Waals surface area (Å²) in [5.74, 6) is 0.375. The van der Waals surface area contributed by atoms with Crippen molar-refractivity contribution in [3.8, 4) is 34.5 Å². The predicted octanol–water partition coefficient (Wildman–Crippen LogP) is 32.8. The van der Waals surface area contributed by atoms with Crippen LogP contribution in [-0.4, -0.2) is 30.6 Å². The minimum absolute atomic E-state index is 0.0227. The fraction of sp³-hybridized carbons (Fsp3) is 0.265. The van der Waals surface area contributed by atoms with Crippen molar-refractivity contribution in [1.29, 1.82) is 0 Å². The van der Waals surface area contributed by atoms with Gasteiger partial charge in [-0.05, 0) is 232 Å². The van der Waals surface area contributed by atoms with E-state index in [9.17, 15) is 110 Å². The first-order valence-corrected chi connectivity index (χ1v) is 85.7. The van der Waals surface area contributed by atoms with Crippen molar-refractivity contribution in [2.45, 2.75) is 173 Å². The summed E-state index contributed by atoms with van der Waals surface area (Å²) >= 11 is -4.95. The number of hydrogen-bond donors (Lipinski definition) is 6. The number of para-hydroxylation sites is 2. The third-order valence-electron chi connectivity index (χ3n) is 19.5. The molecule has 0 radical (unpaired) electrons. The molecule has 0 spiro atoms. The van der Waals surface area contributed by atoms with E-state index in [1.807, 2.05) is 86.6 Å². The Balaban J connectivity index is 0.000000847. The number of aryl methyl sites for hydroxylation is 12. The molecule has 12 rings (SSSR count). The molecule has 0 aliphatic heterocycles. The van der Waals surface area contributed by atoms with E-state index in [0.29, 0.717) is 81.9 Å². The normalized spacial score (nSPS) is 11.6. The van der Waals surface area contributed by atoms with Crippen LogP contribution in [0.1, 0.15) is 153 Å². The number of phenolic OH excluding ortho intramolecular Hbond substituents is 6. The van der Waals surface area contributed by atoms with Gasteiger partial charge in [-0.3, -0.25) is 0 Å². The molecule has 6 N–H and O–H groups in total. The average Bonchev–Trinajstić information content (AvgIpc) is 0.800. The second-order valence-electron chi connectivity index (χ2n) is 33.3. The molecule has 146 heavy (non-hydrogen) atoms. The Kier molecular flexibility index (Phi) is 68.0. The number of halogens is 30. The second-order valence-corrected chi connectivity index (χ2v) is 63.7. The molecule has 12 aromatic carbocycles. The summed E-state index contributed by atoms with van der Waals surface area (Å²) in [5.41, 5.74) is 5.77. The maximum absolute atomic E-state index is 13.3. The van der Waals surface area contributed by atoms with Crippen molar-refractivity contribution in [2.75, 3.05) is 0 Å².